The summed E-state index contributed by atoms with van der Waals surface area (Å²) in [5.74, 6) is 1.87. The van der Waals surface area contributed by atoms with Gasteiger partial charge in [0.2, 0.25) is 5.91 Å². The van der Waals surface area contributed by atoms with Gasteiger partial charge in [0.05, 0.1) is 17.8 Å². The normalized spacial score (nSPS) is 30.0. The number of carbonyl (C=O) groups is 2. The summed E-state index contributed by atoms with van der Waals surface area (Å²) in [5, 5.41) is 7.63. The zero-order chi connectivity index (χ0) is 19.8. The maximum absolute atomic E-state index is 13.1. The molecule has 2 amide bonds. The smallest absolute Gasteiger partial charge is 0.257 e. The monoisotopic (exact) mass is 386 g/mol. The van der Waals surface area contributed by atoms with Gasteiger partial charge in [0.1, 0.15) is 0 Å². The van der Waals surface area contributed by atoms with Crippen molar-refractivity contribution in [1.29, 1.82) is 0 Å². The molecule has 2 aliphatic carbocycles. The van der Waals surface area contributed by atoms with Gasteiger partial charge < -0.3 is 10.2 Å². The van der Waals surface area contributed by atoms with E-state index in [1.807, 2.05) is 16.5 Å². The summed E-state index contributed by atoms with van der Waals surface area (Å²) < 4.78 is 1.91. The molecule has 0 spiro atoms. The number of aryl methyl sites for hydroxylation is 1. The number of hydrogen-bond donors (Lipinski definition) is 1. The van der Waals surface area contributed by atoms with Crippen LogP contribution in [0.4, 0.5) is 0 Å². The van der Waals surface area contributed by atoms with Gasteiger partial charge in [-0.15, -0.1) is 0 Å². The molecule has 3 aliphatic rings. The van der Waals surface area contributed by atoms with Gasteiger partial charge in [0.25, 0.3) is 5.91 Å². The van der Waals surface area contributed by atoms with E-state index in [1.54, 1.807) is 6.20 Å². The lowest BCUT2D eigenvalue weighted by molar-refractivity contribution is -0.123. The molecule has 2 saturated carbocycles. The summed E-state index contributed by atoms with van der Waals surface area (Å²) in [6.07, 6.45) is 9.87. The molecule has 2 heterocycles. The quantitative estimate of drug-likeness (QED) is 0.817. The van der Waals surface area contributed by atoms with Crippen LogP contribution in [0.25, 0.3) is 0 Å². The van der Waals surface area contributed by atoms with Crippen molar-refractivity contribution in [2.75, 3.05) is 6.54 Å². The molecule has 1 N–H and O–H groups in total. The molecule has 6 heteroatoms. The summed E-state index contributed by atoms with van der Waals surface area (Å²) in [5.41, 5.74) is 1.62. The third kappa shape index (κ3) is 3.58. The first-order valence-electron chi connectivity index (χ1n) is 11.1. The van der Waals surface area contributed by atoms with Crippen LogP contribution in [-0.4, -0.2) is 45.1 Å². The number of likely N-dealkylation sites (tertiary alicyclic amines) is 1. The van der Waals surface area contributed by atoms with Gasteiger partial charge in [-0.1, -0.05) is 32.6 Å². The molecule has 6 nitrogen and oxygen atoms in total. The second kappa shape index (κ2) is 7.88. The van der Waals surface area contributed by atoms with Gasteiger partial charge in [0, 0.05) is 30.7 Å². The minimum atomic E-state index is 0.0223. The Bertz CT molecular complexity index is 737. The Balaban J connectivity index is 1.34. The molecule has 0 aromatic carbocycles. The van der Waals surface area contributed by atoms with E-state index in [0.717, 1.165) is 37.4 Å². The first-order valence-corrected chi connectivity index (χ1v) is 11.1. The lowest BCUT2D eigenvalue weighted by Crippen LogP contribution is -2.45. The van der Waals surface area contributed by atoms with Crippen molar-refractivity contribution in [2.24, 2.45) is 17.8 Å². The van der Waals surface area contributed by atoms with Crippen LogP contribution in [-0.2, 0) is 11.3 Å². The highest BCUT2D eigenvalue weighted by Crippen LogP contribution is 2.50. The van der Waals surface area contributed by atoms with Crippen molar-refractivity contribution in [2.45, 2.75) is 84.3 Å². The summed E-state index contributed by atoms with van der Waals surface area (Å²) in [7, 11) is 0. The van der Waals surface area contributed by atoms with E-state index in [2.05, 4.69) is 24.3 Å². The number of nitrogens with one attached hydrogen (secondary N) is 1. The molecule has 1 aliphatic heterocycles. The summed E-state index contributed by atoms with van der Waals surface area (Å²) in [4.78, 5) is 27.7. The van der Waals surface area contributed by atoms with E-state index in [-0.39, 0.29) is 29.8 Å². The van der Waals surface area contributed by atoms with Crippen molar-refractivity contribution in [3.8, 4) is 0 Å². The van der Waals surface area contributed by atoms with Crippen molar-refractivity contribution in [3.63, 3.8) is 0 Å². The van der Waals surface area contributed by atoms with Gasteiger partial charge >= 0.3 is 0 Å². The van der Waals surface area contributed by atoms with E-state index < -0.39 is 0 Å². The number of aromatic nitrogens is 2. The van der Waals surface area contributed by atoms with E-state index in [4.69, 9.17) is 0 Å². The SMILES string of the molecule is CCCn1ncc(C(=O)N2CC[C@@H](NC(=O)C3CC3C3CCCC3)[C@H]2C)c1C. The highest BCUT2D eigenvalue weighted by atomic mass is 16.2. The van der Waals surface area contributed by atoms with Crippen molar-refractivity contribution in [3.05, 3.63) is 17.5 Å². The average molecular weight is 387 g/mol. The van der Waals surface area contributed by atoms with Crippen molar-refractivity contribution < 1.29 is 9.59 Å². The first kappa shape index (κ1) is 19.5. The highest BCUT2D eigenvalue weighted by molar-refractivity contribution is 5.95. The van der Waals surface area contributed by atoms with Crippen LogP contribution in [0.15, 0.2) is 6.20 Å². The number of nitrogens with zero attached hydrogens (tertiary/aromatic N) is 3. The maximum Gasteiger partial charge on any atom is 0.257 e. The Morgan fingerprint density at radius 1 is 1.25 bits per heavy atom. The fraction of sp³-hybridized carbons (Fsp3) is 0.773. The molecule has 3 fully saturated rings. The van der Waals surface area contributed by atoms with Crippen molar-refractivity contribution >= 4 is 11.8 Å². The predicted molar refractivity (Wildman–Crippen MR) is 108 cm³/mol. The Labute approximate surface area is 168 Å². The Morgan fingerprint density at radius 3 is 2.71 bits per heavy atom. The maximum atomic E-state index is 13.1. The third-order valence-electron chi connectivity index (χ3n) is 7.29. The molecule has 2 unspecified atom stereocenters. The van der Waals surface area contributed by atoms with Crippen LogP contribution in [0.2, 0.25) is 0 Å². The van der Waals surface area contributed by atoms with Crippen LogP contribution >= 0.6 is 0 Å². The second-order valence-electron chi connectivity index (χ2n) is 9.06. The molecular formula is C22H34N4O2. The average Bonchev–Trinajstić information content (AvgIpc) is 2.98. The van der Waals surface area contributed by atoms with Gasteiger partial charge in [0.15, 0.2) is 0 Å². The van der Waals surface area contributed by atoms with Gasteiger partial charge in [-0.3, -0.25) is 14.3 Å². The zero-order valence-electron chi connectivity index (χ0n) is 17.5. The molecule has 0 radical (unpaired) electrons. The summed E-state index contributed by atoms with van der Waals surface area (Å²) in [6.45, 7) is 7.65. The Morgan fingerprint density at radius 2 is 2.00 bits per heavy atom. The number of carbonyl (C=O) groups excluding carboxylic acids is 2. The van der Waals surface area contributed by atoms with Crippen LogP contribution in [0.5, 0.6) is 0 Å². The molecule has 4 rings (SSSR count). The fourth-order valence-electron chi connectivity index (χ4n) is 5.38. The van der Waals surface area contributed by atoms with E-state index in [0.29, 0.717) is 18.0 Å². The molecule has 1 aromatic heterocycles. The van der Waals surface area contributed by atoms with E-state index in [9.17, 15) is 9.59 Å². The first-order chi connectivity index (χ1) is 13.5. The van der Waals surface area contributed by atoms with Crippen LogP contribution < -0.4 is 5.32 Å². The summed E-state index contributed by atoms with van der Waals surface area (Å²) in [6, 6.07) is 0.0846. The van der Waals surface area contributed by atoms with Gasteiger partial charge in [-0.25, -0.2) is 0 Å². The molecule has 0 bridgehead atoms. The molecule has 1 aromatic rings. The predicted octanol–water partition coefficient (Wildman–Crippen LogP) is 3.15. The fourth-order valence-corrected chi connectivity index (χ4v) is 5.38. The minimum absolute atomic E-state index is 0.0223. The topological polar surface area (TPSA) is 67.2 Å². The van der Waals surface area contributed by atoms with Crippen molar-refractivity contribution in [1.82, 2.24) is 20.0 Å². The third-order valence-corrected chi connectivity index (χ3v) is 7.29. The zero-order valence-corrected chi connectivity index (χ0v) is 17.5. The lowest BCUT2D eigenvalue weighted by atomic mass is 10.0. The van der Waals surface area contributed by atoms with Crippen LogP contribution in [0.3, 0.4) is 0 Å². The Hall–Kier alpha value is -1.85. The number of amides is 2. The Kier molecular flexibility index (Phi) is 5.48. The number of hydrogen-bond acceptors (Lipinski definition) is 3. The van der Waals surface area contributed by atoms with Crippen LogP contribution in [0, 0.1) is 24.7 Å². The molecule has 28 heavy (non-hydrogen) atoms. The minimum Gasteiger partial charge on any atom is -0.351 e. The molecule has 1 saturated heterocycles. The van der Waals surface area contributed by atoms with Crippen LogP contribution in [0.1, 0.15) is 74.8 Å². The molecular weight excluding hydrogens is 352 g/mol. The molecule has 4 atom stereocenters. The standard InChI is InChI=1S/C22H34N4O2/c1-4-10-26-14(2)19(13-23-26)22(28)25-11-9-20(15(25)3)24-21(27)18-12-17(18)16-7-5-6-8-16/h13,15-18,20H,4-12H2,1-3H3,(H,24,27)/t15-,17?,18?,20-/m1/s1. The molecule has 154 valence electrons. The second-order valence-corrected chi connectivity index (χ2v) is 9.06. The summed E-state index contributed by atoms with van der Waals surface area (Å²) >= 11 is 0. The lowest BCUT2D eigenvalue weighted by Gasteiger charge is -2.25. The highest BCUT2D eigenvalue weighted by Gasteiger charge is 2.49. The van der Waals surface area contributed by atoms with Gasteiger partial charge in [-0.05, 0) is 44.9 Å². The van der Waals surface area contributed by atoms with E-state index >= 15 is 0 Å². The largest absolute Gasteiger partial charge is 0.351 e. The van der Waals surface area contributed by atoms with Gasteiger partial charge in [-0.2, -0.15) is 5.10 Å². The number of rotatable bonds is 6. The van der Waals surface area contributed by atoms with E-state index in [1.165, 1.54) is 25.7 Å².